The Balaban J connectivity index is 1.82. The molecular formula is C15H19N5O. The molecule has 6 nitrogen and oxygen atoms in total. The Labute approximate surface area is 123 Å². The van der Waals surface area contributed by atoms with Crippen LogP contribution in [-0.2, 0) is 13.0 Å². The van der Waals surface area contributed by atoms with Crippen LogP contribution in [0.1, 0.15) is 24.2 Å². The first-order valence-electron chi connectivity index (χ1n) is 7.21. The zero-order valence-electron chi connectivity index (χ0n) is 12.3. The molecule has 0 saturated heterocycles. The van der Waals surface area contributed by atoms with Crippen LogP contribution >= 0.6 is 0 Å². The molecule has 110 valence electrons. The summed E-state index contributed by atoms with van der Waals surface area (Å²) >= 11 is 0. The van der Waals surface area contributed by atoms with Gasteiger partial charge >= 0.3 is 0 Å². The number of rotatable bonds is 3. The summed E-state index contributed by atoms with van der Waals surface area (Å²) in [5.74, 6) is 2.04. The van der Waals surface area contributed by atoms with Gasteiger partial charge in [0, 0.05) is 25.7 Å². The maximum absolute atomic E-state index is 4.97. The molecule has 0 aliphatic carbocycles. The number of para-hydroxylation sites is 1. The van der Waals surface area contributed by atoms with E-state index in [1.54, 1.807) is 6.92 Å². The van der Waals surface area contributed by atoms with Crippen molar-refractivity contribution in [1.82, 2.24) is 15.5 Å². The largest absolute Gasteiger partial charge is 0.356 e. The number of guanidine groups is 1. The first-order valence-corrected chi connectivity index (χ1v) is 7.21. The Morgan fingerprint density at radius 1 is 1.43 bits per heavy atom. The highest BCUT2D eigenvalue weighted by Gasteiger charge is 2.22. The van der Waals surface area contributed by atoms with Gasteiger partial charge in [-0.25, -0.2) is 4.99 Å². The number of aryl methyl sites for hydroxylation is 1. The second kappa shape index (κ2) is 5.95. The van der Waals surface area contributed by atoms with E-state index >= 15 is 0 Å². The third kappa shape index (κ3) is 2.89. The van der Waals surface area contributed by atoms with E-state index in [0.717, 1.165) is 25.5 Å². The Hall–Kier alpha value is -2.37. The van der Waals surface area contributed by atoms with E-state index in [9.17, 15) is 0 Å². The quantitative estimate of drug-likeness (QED) is 0.689. The lowest BCUT2D eigenvalue weighted by molar-refractivity contribution is 0.387. The van der Waals surface area contributed by atoms with Crippen molar-refractivity contribution in [2.75, 3.05) is 18.0 Å². The predicted octanol–water partition coefficient (Wildman–Crippen LogP) is 1.91. The molecule has 0 radical (unpaired) electrons. The van der Waals surface area contributed by atoms with Crippen molar-refractivity contribution in [2.45, 2.75) is 26.8 Å². The molecule has 1 aromatic carbocycles. The van der Waals surface area contributed by atoms with Crippen molar-refractivity contribution in [3.8, 4) is 0 Å². The first kappa shape index (κ1) is 13.6. The number of nitrogens with one attached hydrogen (secondary N) is 1. The summed E-state index contributed by atoms with van der Waals surface area (Å²) in [6.45, 7) is 6.02. The van der Waals surface area contributed by atoms with Gasteiger partial charge < -0.3 is 14.7 Å². The third-order valence-electron chi connectivity index (χ3n) is 3.42. The molecule has 0 atom stereocenters. The van der Waals surface area contributed by atoms with E-state index in [1.165, 1.54) is 11.3 Å². The topological polar surface area (TPSA) is 66.5 Å². The normalized spacial score (nSPS) is 14.4. The third-order valence-corrected chi connectivity index (χ3v) is 3.42. The summed E-state index contributed by atoms with van der Waals surface area (Å²) in [6.07, 6.45) is 1.04. The highest BCUT2D eigenvalue weighted by atomic mass is 16.5. The van der Waals surface area contributed by atoms with Gasteiger partial charge in [0.15, 0.2) is 11.8 Å². The predicted molar refractivity (Wildman–Crippen MR) is 81.3 cm³/mol. The first-order chi connectivity index (χ1) is 10.3. The standard InChI is InChI=1S/C15H19N5O/c1-3-16-15(17-10-14-18-11(2)21-19-14)20-9-8-12-6-4-5-7-13(12)20/h4-7H,3,8-10H2,1-2H3,(H,16,17). The fourth-order valence-corrected chi connectivity index (χ4v) is 2.50. The van der Waals surface area contributed by atoms with E-state index in [1.807, 2.05) is 0 Å². The van der Waals surface area contributed by atoms with Gasteiger partial charge in [0.25, 0.3) is 0 Å². The number of nitrogens with zero attached hydrogens (tertiary/aromatic N) is 4. The molecule has 1 N–H and O–H groups in total. The monoisotopic (exact) mass is 285 g/mol. The SMILES string of the molecule is CCNC(=NCc1noc(C)n1)N1CCc2ccccc21. The second-order valence-electron chi connectivity index (χ2n) is 4.93. The molecule has 6 heteroatoms. The van der Waals surface area contributed by atoms with Crippen molar-refractivity contribution >= 4 is 11.6 Å². The summed E-state index contributed by atoms with van der Waals surface area (Å²) in [4.78, 5) is 11.0. The highest BCUT2D eigenvalue weighted by molar-refractivity contribution is 5.97. The van der Waals surface area contributed by atoms with Crippen molar-refractivity contribution in [3.63, 3.8) is 0 Å². The molecule has 2 heterocycles. The molecule has 2 aromatic rings. The number of aromatic nitrogens is 2. The van der Waals surface area contributed by atoms with Crippen LogP contribution in [0.3, 0.4) is 0 Å². The fourth-order valence-electron chi connectivity index (χ4n) is 2.50. The van der Waals surface area contributed by atoms with E-state index < -0.39 is 0 Å². The summed E-state index contributed by atoms with van der Waals surface area (Å²) in [7, 11) is 0. The summed E-state index contributed by atoms with van der Waals surface area (Å²) < 4.78 is 4.97. The van der Waals surface area contributed by atoms with Crippen LogP contribution in [0.2, 0.25) is 0 Å². The van der Waals surface area contributed by atoms with Crippen LogP contribution in [0.5, 0.6) is 0 Å². The second-order valence-corrected chi connectivity index (χ2v) is 4.93. The number of fused-ring (bicyclic) bond motifs is 1. The van der Waals surface area contributed by atoms with Gasteiger partial charge in [-0.05, 0) is 25.0 Å². The van der Waals surface area contributed by atoms with Crippen molar-refractivity contribution in [3.05, 3.63) is 41.5 Å². The van der Waals surface area contributed by atoms with Crippen LogP contribution in [0, 0.1) is 6.92 Å². The highest BCUT2D eigenvalue weighted by Crippen LogP contribution is 2.27. The molecule has 0 spiro atoms. The molecule has 3 rings (SSSR count). The van der Waals surface area contributed by atoms with Crippen LogP contribution in [0.15, 0.2) is 33.8 Å². The van der Waals surface area contributed by atoms with Crippen LogP contribution in [-0.4, -0.2) is 29.2 Å². The average Bonchev–Trinajstić information content (AvgIpc) is 3.10. The Kier molecular flexibility index (Phi) is 3.85. The van der Waals surface area contributed by atoms with Crippen molar-refractivity contribution < 1.29 is 4.52 Å². The maximum atomic E-state index is 4.97. The Bertz CT molecular complexity index is 649. The minimum atomic E-state index is 0.415. The molecular weight excluding hydrogens is 266 g/mol. The van der Waals surface area contributed by atoms with Gasteiger partial charge in [-0.2, -0.15) is 4.98 Å². The van der Waals surface area contributed by atoms with Gasteiger partial charge in [0.05, 0.1) is 0 Å². The number of benzene rings is 1. The number of anilines is 1. The van der Waals surface area contributed by atoms with Crippen LogP contribution in [0.4, 0.5) is 5.69 Å². The van der Waals surface area contributed by atoms with E-state index in [2.05, 4.69) is 56.5 Å². The average molecular weight is 285 g/mol. The summed E-state index contributed by atoms with van der Waals surface area (Å²) in [5.41, 5.74) is 2.58. The smallest absolute Gasteiger partial charge is 0.223 e. The minimum absolute atomic E-state index is 0.415. The lowest BCUT2D eigenvalue weighted by atomic mass is 10.2. The fraction of sp³-hybridized carbons (Fsp3) is 0.400. The lowest BCUT2D eigenvalue weighted by Gasteiger charge is -2.22. The lowest BCUT2D eigenvalue weighted by Crippen LogP contribution is -2.40. The Morgan fingerprint density at radius 3 is 3.05 bits per heavy atom. The zero-order chi connectivity index (χ0) is 14.7. The van der Waals surface area contributed by atoms with Gasteiger partial charge in [0.2, 0.25) is 5.89 Å². The molecule has 0 saturated carbocycles. The number of hydrogen-bond acceptors (Lipinski definition) is 4. The van der Waals surface area contributed by atoms with Gasteiger partial charge in [-0.15, -0.1) is 0 Å². The van der Waals surface area contributed by atoms with Crippen molar-refractivity contribution in [1.29, 1.82) is 0 Å². The molecule has 1 aliphatic heterocycles. The molecule has 1 aliphatic rings. The number of aliphatic imine (C=N–C) groups is 1. The maximum Gasteiger partial charge on any atom is 0.223 e. The zero-order valence-corrected chi connectivity index (χ0v) is 12.3. The summed E-state index contributed by atoms with van der Waals surface area (Å²) in [5, 5.41) is 7.21. The minimum Gasteiger partial charge on any atom is -0.356 e. The van der Waals surface area contributed by atoms with Crippen molar-refractivity contribution in [2.24, 2.45) is 4.99 Å². The molecule has 0 bridgehead atoms. The molecule has 0 unspecified atom stereocenters. The molecule has 0 amide bonds. The van der Waals surface area contributed by atoms with E-state index in [-0.39, 0.29) is 0 Å². The van der Waals surface area contributed by atoms with Gasteiger partial charge in [0.1, 0.15) is 6.54 Å². The van der Waals surface area contributed by atoms with Crippen LogP contribution in [0.25, 0.3) is 0 Å². The van der Waals surface area contributed by atoms with E-state index in [0.29, 0.717) is 18.3 Å². The van der Waals surface area contributed by atoms with Gasteiger partial charge in [-0.1, -0.05) is 23.4 Å². The van der Waals surface area contributed by atoms with Gasteiger partial charge in [-0.3, -0.25) is 0 Å². The molecule has 0 fully saturated rings. The molecule has 1 aromatic heterocycles. The van der Waals surface area contributed by atoms with Crippen LogP contribution < -0.4 is 10.2 Å². The Morgan fingerprint density at radius 2 is 2.29 bits per heavy atom. The summed E-state index contributed by atoms with van der Waals surface area (Å²) in [6, 6.07) is 8.44. The number of hydrogen-bond donors (Lipinski definition) is 1. The van der Waals surface area contributed by atoms with E-state index in [4.69, 9.17) is 4.52 Å². The molecule has 21 heavy (non-hydrogen) atoms.